The van der Waals surface area contributed by atoms with E-state index in [-0.39, 0.29) is 12.4 Å². The van der Waals surface area contributed by atoms with Crippen LogP contribution in [0, 0.1) is 6.92 Å². The predicted octanol–water partition coefficient (Wildman–Crippen LogP) is 4.56. The van der Waals surface area contributed by atoms with Crippen molar-refractivity contribution in [1.29, 1.82) is 0 Å². The molecule has 0 saturated heterocycles. The number of hydrogen-bond donors (Lipinski definition) is 0. The summed E-state index contributed by atoms with van der Waals surface area (Å²) in [6, 6.07) is 14.9. The summed E-state index contributed by atoms with van der Waals surface area (Å²) in [4.78, 5) is 4.83. The smallest absolute Gasteiger partial charge is 0.0824 e. The summed E-state index contributed by atoms with van der Waals surface area (Å²) in [6.07, 6.45) is 2.18. The lowest BCUT2D eigenvalue weighted by Gasteiger charge is -2.10. The molecule has 0 spiro atoms. The Balaban J connectivity index is 0.00000121. The van der Waals surface area contributed by atoms with E-state index in [0.29, 0.717) is 0 Å². The highest BCUT2D eigenvalue weighted by Crippen LogP contribution is 2.36. The first kappa shape index (κ1) is 12.9. The fraction of sp³-hybridized carbons (Fsp3) is 0.118. The number of aromatic nitrogens is 2. The third kappa shape index (κ3) is 1.69. The van der Waals surface area contributed by atoms with Crippen LogP contribution < -0.4 is 0 Å². The van der Waals surface area contributed by atoms with Gasteiger partial charge in [0, 0.05) is 35.1 Å². The Kier molecular flexibility index (Phi) is 2.91. The molecule has 0 atom stereocenters. The van der Waals surface area contributed by atoms with Gasteiger partial charge in [-0.15, -0.1) is 12.4 Å². The molecule has 2 aliphatic heterocycles. The molecule has 0 aliphatic carbocycles. The molecule has 0 radical (unpaired) electrons. The van der Waals surface area contributed by atoms with Crippen LogP contribution in [0.15, 0.2) is 48.7 Å². The van der Waals surface area contributed by atoms with E-state index in [9.17, 15) is 0 Å². The Bertz CT molecular complexity index is 892. The number of pyridine rings is 1. The fourth-order valence-electron chi connectivity index (χ4n) is 2.85. The van der Waals surface area contributed by atoms with Gasteiger partial charge in [-0.25, -0.2) is 4.98 Å². The third-order valence-electron chi connectivity index (χ3n) is 3.79. The number of hydrogen-bond acceptors (Lipinski definition) is 1. The van der Waals surface area contributed by atoms with Gasteiger partial charge in [-0.1, -0.05) is 30.3 Å². The van der Waals surface area contributed by atoms with Crippen LogP contribution in [0.3, 0.4) is 0 Å². The first-order valence-corrected chi connectivity index (χ1v) is 6.48. The molecule has 3 heteroatoms. The van der Waals surface area contributed by atoms with E-state index >= 15 is 0 Å². The van der Waals surface area contributed by atoms with Crippen molar-refractivity contribution < 1.29 is 0 Å². The summed E-state index contributed by atoms with van der Waals surface area (Å²) >= 11 is 0. The molecule has 0 bridgehead atoms. The Hall–Kier alpha value is -2.06. The highest BCUT2D eigenvalue weighted by Gasteiger charge is 2.16. The van der Waals surface area contributed by atoms with E-state index in [1.54, 1.807) is 0 Å². The number of halogens is 1. The molecule has 2 nitrogen and oxygen atoms in total. The number of fused-ring (bicyclic) bond motifs is 5. The van der Waals surface area contributed by atoms with Gasteiger partial charge in [0.1, 0.15) is 0 Å². The lowest BCUT2D eigenvalue weighted by molar-refractivity contribution is 0.955. The number of nitrogens with zero attached hydrogens (tertiary/aromatic N) is 2. The van der Waals surface area contributed by atoms with E-state index < -0.39 is 0 Å². The summed E-state index contributed by atoms with van der Waals surface area (Å²) in [5, 5.41) is 2.46. The van der Waals surface area contributed by atoms with Gasteiger partial charge < -0.3 is 4.57 Å². The molecule has 0 fully saturated rings. The van der Waals surface area contributed by atoms with Crippen LogP contribution in [0.2, 0.25) is 0 Å². The van der Waals surface area contributed by atoms with Gasteiger partial charge in [-0.2, -0.15) is 0 Å². The Morgan fingerprint density at radius 3 is 2.65 bits per heavy atom. The molecule has 20 heavy (non-hydrogen) atoms. The van der Waals surface area contributed by atoms with Gasteiger partial charge in [0.25, 0.3) is 0 Å². The number of para-hydroxylation sites is 1. The zero-order valence-corrected chi connectivity index (χ0v) is 12.2. The number of benzene rings is 2. The molecule has 0 unspecified atom stereocenters. The van der Waals surface area contributed by atoms with Gasteiger partial charge in [0.15, 0.2) is 0 Å². The van der Waals surface area contributed by atoms with Crippen molar-refractivity contribution in [2.45, 2.75) is 6.92 Å². The highest BCUT2D eigenvalue weighted by atomic mass is 35.5. The van der Waals surface area contributed by atoms with Crippen LogP contribution in [-0.2, 0) is 7.05 Å². The Morgan fingerprint density at radius 1 is 1.00 bits per heavy atom. The second kappa shape index (κ2) is 4.50. The third-order valence-corrected chi connectivity index (χ3v) is 3.79. The maximum atomic E-state index is 4.83. The molecule has 2 aliphatic rings. The van der Waals surface area contributed by atoms with E-state index in [4.69, 9.17) is 4.98 Å². The quantitative estimate of drug-likeness (QED) is 0.462. The minimum Gasteiger partial charge on any atom is -0.350 e. The normalized spacial score (nSPS) is 11.1. The first-order valence-electron chi connectivity index (χ1n) is 6.48. The lowest BCUT2D eigenvalue weighted by Crippen LogP contribution is -1.95. The van der Waals surface area contributed by atoms with Gasteiger partial charge >= 0.3 is 0 Å². The zero-order valence-electron chi connectivity index (χ0n) is 11.4. The molecule has 2 heterocycles. The molecule has 100 valence electrons. The van der Waals surface area contributed by atoms with Crippen molar-refractivity contribution in [3.63, 3.8) is 0 Å². The van der Waals surface area contributed by atoms with Crippen molar-refractivity contribution in [2.24, 2.45) is 7.05 Å². The summed E-state index contributed by atoms with van der Waals surface area (Å²) in [7, 11) is 2.09. The molecule has 0 amide bonds. The van der Waals surface area contributed by atoms with Crippen molar-refractivity contribution >= 4 is 34.2 Å². The van der Waals surface area contributed by atoms with Crippen LogP contribution in [0.25, 0.3) is 33.1 Å². The molecule has 0 aromatic heterocycles. The SMILES string of the molecule is Cc1ccc2c3cn(C)c4ccccc4c-3nc2c1.Cl. The van der Waals surface area contributed by atoms with E-state index in [1.807, 2.05) is 0 Å². The van der Waals surface area contributed by atoms with Gasteiger partial charge in [0.2, 0.25) is 0 Å². The molecule has 0 N–H and O–H groups in total. The minimum atomic E-state index is 0. The van der Waals surface area contributed by atoms with E-state index in [0.717, 1.165) is 11.2 Å². The Labute approximate surface area is 123 Å². The van der Waals surface area contributed by atoms with Crippen LogP contribution in [0.4, 0.5) is 0 Å². The molecule has 2 aromatic carbocycles. The minimum absolute atomic E-state index is 0. The van der Waals surface area contributed by atoms with Crippen molar-refractivity contribution in [3.05, 3.63) is 54.2 Å². The second-order valence-corrected chi connectivity index (χ2v) is 5.15. The van der Waals surface area contributed by atoms with Crippen molar-refractivity contribution in [1.82, 2.24) is 9.55 Å². The average molecular weight is 283 g/mol. The molecule has 0 saturated carbocycles. The first-order chi connectivity index (χ1) is 9.24. The number of rotatable bonds is 0. The summed E-state index contributed by atoms with van der Waals surface area (Å²) in [6.45, 7) is 2.11. The maximum Gasteiger partial charge on any atom is 0.0824 e. The highest BCUT2D eigenvalue weighted by molar-refractivity contribution is 6.06. The standard InChI is InChI=1S/C17H14N2.ClH/c1-11-7-8-12-14-10-19(2)16-6-4-3-5-13(16)17(14)18-15(12)9-11;/h3-10H,1-2H3;1H. The van der Waals surface area contributed by atoms with Crippen LogP contribution >= 0.6 is 12.4 Å². The molecule has 2 aromatic rings. The monoisotopic (exact) mass is 282 g/mol. The van der Waals surface area contributed by atoms with Crippen LogP contribution in [0.1, 0.15) is 5.56 Å². The van der Waals surface area contributed by atoms with Crippen molar-refractivity contribution in [3.8, 4) is 11.3 Å². The molecule has 4 rings (SSSR count). The second-order valence-electron chi connectivity index (χ2n) is 5.15. The average Bonchev–Trinajstić information content (AvgIpc) is 2.77. The van der Waals surface area contributed by atoms with Gasteiger partial charge in [-0.3, -0.25) is 0 Å². The molecular weight excluding hydrogens is 268 g/mol. The van der Waals surface area contributed by atoms with Crippen LogP contribution in [-0.4, -0.2) is 9.55 Å². The fourth-order valence-corrected chi connectivity index (χ4v) is 2.85. The predicted molar refractivity (Wildman–Crippen MR) is 86.8 cm³/mol. The van der Waals surface area contributed by atoms with Gasteiger partial charge in [0.05, 0.1) is 11.2 Å². The van der Waals surface area contributed by atoms with Gasteiger partial charge in [-0.05, 0) is 24.6 Å². The summed E-state index contributed by atoms with van der Waals surface area (Å²) in [5.41, 5.74) is 5.90. The number of aryl methyl sites for hydroxylation is 2. The summed E-state index contributed by atoms with van der Waals surface area (Å²) < 4.78 is 2.18. The van der Waals surface area contributed by atoms with Crippen LogP contribution in [0.5, 0.6) is 0 Å². The van der Waals surface area contributed by atoms with E-state index in [1.165, 1.54) is 27.4 Å². The van der Waals surface area contributed by atoms with Crippen molar-refractivity contribution in [2.75, 3.05) is 0 Å². The Morgan fingerprint density at radius 2 is 1.80 bits per heavy atom. The lowest BCUT2D eigenvalue weighted by atomic mass is 10.0. The summed E-state index contributed by atoms with van der Waals surface area (Å²) in [5.74, 6) is 0. The largest absolute Gasteiger partial charge is 0.350 e. The zero-order chi connectivity index (χ0) is 13.0. The topological polar surface area (TPSA) is 17.8 Å². The maximum absolute atomic E-state index is 4.83. The van der Waals surface area contributed by atoms with E-state index in [2.05, 4.69) is 67.2 Å². The molecular formula is C17H15ClN2.